The van der Waals surface area contributed by atoms with E-state index in [0.717, 1.165) is 5.56 Å². The van der Waals surface area contributed by atoms with E-state index in [4.69, 9.17) is 25.8 Å². The van der Waals surface area contributed by atoms with Crippen molar-refractivity contribution in [3.63, 3.8) is 0 Å². The number of methoxy groups -OCH3 is 3. The van der Waals surface area contributed by atoms with Crippen LogP contribution in [0.2, 0.25) is 5.02 Å². The number of ether oxygens (including phenoxy) is 3. The van der Waals surface area contributed by atoms with Crippen molar-refractivity contribution in [1.82, 2.24) is 29.7 Å². The van der Waals surface area contributed by atoms with Crippen molar-refractivity contribution in [3.8, 4) is 28.6 Å². The zero-order valence-corrected chi connectivity index (χ0v) is 22.9. The number of sulfonamides is 1. The van der Waals surface area contributed by atoms with Gasteiger partial charge in [-0.25, -0.2) is 18.4 Å². The van der Waals surface area contributed by atoms with Crippen molar-refractivity contribution < 1.29 is 22.6 Å². The number of benzene rings is 1. The van der Waals surface area contributed by atoms with Crippen molar-refractivity contribution in [2.24, 2.45) is 0 Å². The second-order valence-electron chi connectivity index (χ2n) is 8.21. The van der Waals surface area contributed by atoms with Crippen LogP contribution in [0.1, 0.15) is 24.4 Å². The lowest BCUT2D eigenvalue weighted by atomic mass is 10.2. The van der Waals surface area contributed by atoms with Gasteiger partial charge in [0.1, 0.15) is 28.5 Å². The first-order chi connectivity index (χ1) is 18.2. The summed E-state index contributed by atoms with van der Waals surface area (Å²) in [5, 5.41) is 7.65. The van der Waals surface area contributed by atoms with Crippen LogP contribution in [-0.2, 0) is 14.8 Å². The molecule has 4 rings (SSSR count). The largest absolute Gasteiger partial charge is 0.494 e. The summed E-state index contributed by atoms with van der Waals surface area (Å²) in [5.41, 5.74) is 1.88. The summed E-state index contributed by atoms with van der Waals surface area (Å²) in [6.07, 6.45) is 5.05. The zero-order chi connectivity index (χ0) is 27.4. The van der Waals surface area contributed by atoms with Gasteiger partial charge in [-0.3, -0.25) is 14.3 Å². The van der Waals surface area contributed by atoms with Gasteiger partial charge in [0.2, 0.25) is 16.0 Å². The van der Waals surface area contributed by atoms with Gasteiger partial charge in [0.15, 0.2) is 11.6 Å². The fourth-order valence-corrected chi connectivity index (χ4v) is 5.07. The highest BCUT2D eigenvalue weighted by Crippen LogP contribution is 2.38. The van der Waals surface area contributed by atoms with E-state index < -0.39 is 21.4 Å². The maximum absolute atomic E-state index is 13.6. The van der Waals surface area contributed by atoms with Crippen LogP contribution in [0.4, 0.5) is 5.95 Å². The van der Waals surface area contributed by atoms with Gasteiger partial charge in [-0.2, -0.15) is 0 Å². The zero-order valence-electron chi connectivity index (χ0n) is 21.3. The molecular formula is C24H26ClN7O5S. The Morgan fingerprint density at radius 2 is 1.66 bits per heavy atom. The number of nitrogens with zero attached hydrogens (tertiary/aromatic N) is 6. The van der Waals surface area contributed by atoms with E-state index in [0.29, 0.717) is 33.6 Å². The smallest absolute Gasteiger partial charge is 0.243 e. The van der Waals surface area contributed by atoms with E-state index in [1.54, 1.807) is 30.6 Å². The molecule has 3 heterocycles. The number of nitrogens with one attached hydrogen (secondary N) is 1. The molecule has 0 radical (unpaired) electrons. The molecule has 1 N–H and O–H groups in total. The maximum atomic E-state index is 13.6. The van der Waals surface area contributed by atoms with Crippen molar-refractivity contribution >= 4 is 27.6 Å². The van der Waals surface area contributed by atoms with Gasteiger partial charge < -0.3 is 14.2 Å². The van der Waals surface area contributed by atoms with Crippen LogP contribution < -0.4 is 14.2 Å². The molecule has 0 aliphatic carbocycles. The molecule has 1 aromatic carbocycles. The molecule has 200 valence electrons. The van der Waals surface area contributed by atoms with Crippen LogP contribution in [-0.4, -0.2) is 64.7 Å². The average molecular weight is 560 g/mol. The van der Waals surface area contributed by atoms with Crippen LogP contribution in [0.3, 0.4) is 0 Å². The third-order valence-corrected chi connectivity index (χ3v) is 7.61. The predicted octanol–water partition coefficient (Wildman–Crippen LogP) is 3.62. The third kappa shape index (κ3) is 5.39. The summed E-state index contributed by atoms with van der Waals surface area (Å²) in [4.78, 5) is 12.5. The minimum absolute atomic E-state index is 0.0944. The topological polar surface area (TPSA) is 143 Å². The normalized spacial score (nSPS) is 13.1. The molecule has 0 aliphatic rings. The Morgan fingerprint density at radius 1 is 1.00 bits per heavy atom. The van der Waals surface area contributed by atoms with E-state index in [2.05, 4.69) is 29.9 Å². The third-order valence-electron chi connectivity index (χ3n) is 5.72. The quantitative estimate of drug-likeness (QED) is 0.306. The summed E-state index contributed by atoms with van der Waals surface area (Å²) < 4.78 is 47.9. The van der Waals surface area contributed by atoms with Gasteiger partial charge in [0.25, 0.3) is 0 Å². The second kappa shape index (κ2) is 11.3. The molecule has 0 aliphatic heterocycles. The summed E-state index contributed by atoms with van der Waals surface area (Å²) in [6, 6.07) is 7.04. The van der Waals surface area contributed by atoms with Crippen molar-refractivity contribution in [3.05, 3.63) is 65.5 Å². The monoisotopic (exact) mass is 559 g/mol. The molecular weight excluding hydrogens is 534 g/mol. The van der Waals surface area contributed by atoms with Crippen LogP contribution in [0.25, 0.3) is 17.1 Å². The van der Waals surface area contributed by atoms with Crippen molar-refractivity contribution in [1.29, 1.82) is 0 Å². The number of anilines is 1. The fraction of sp³-hybridized carbons (Fsp3) is 0.292. The van der Waals surface area contributed by atoms with E-state index in [1.165, 1.54) is 45.2 Å². The molecule has 0 unspecified atom stereocenters. The summed E-state index contributed by atoms with van der Waals surface area (Å²) >= 11 is 5.88. The van der Waals surface area contributed by atoms with Gasteiger partial charge in [0.05, 0.1) is 19.2 Å². The molecule has 2 atom stereocenters. The SMILES string of the molecule is COc1cccc(OC)c1-n1c(NS(=O)(=O)[C@H](C)[C@@H](OC)c2ncc(Cl)cn2)nnc1-c1cncc(C)c1. The lowest BCUT2D eigenvalue weighted by molar-refractivity contribution is 0.0950. The first-order valence-corrected chi connectivity index (χ1v) is 13.2. The Morgan fingerprint density at radius 3 is 2.24 bits per heavy atom. The summed E-state index contributed by atoms with van der Waals surface area (Å²) in [6.45, 7) is 3.36. The fourth-order valence-electron chi connectivity index (χ4n) is 3.84. The molecule has 12 nitrogen and oxygen atoms in total. The number of aromatic nitrogens is 6. The van der Waals surface area contributed by atoms with Crippen LogP contribution in [0, 0.1) is 6.92 Å². The van der Waals surface area contributed by atoms with Gasteiger partial charge in [-0.15, -0.1) is 10.2 Å². The molecule has 0 saturated heterocycles. The summed E-state index contributed by atoms with van der Waals surface area (Å²) in [7, 11) is 0.232. The molecule has 0 fully saturated rings. The summed E-state index contributed by atoms with van der Waals surface area (Å²) in [5.74, 6) is 1.20. The van der Waals surface area contributed by atoms with Crippen molar-refractivity contribution in [2.75, 3.05) is 26.1 Å². The van der Waals surface area contributed by atoms with Crippen molar-refractivity contribution in [2.45, 2.75) is 25.2 Å². The molecule has 0 bridgehead atoms. The highest BCUT2D eigenvalue weighted by molar-refractivity contribution is 7.93. The van der Waals surface area contributed by atoms with Gasteiger partial charge >= 0.3 is 0 Å². The molecule has 4 aromatic rings. The van der Waals surface area contributed by atoms with Crippen LogP contribution in [0.5, 0.6) is 11.5 Å². The standard InChI is InChI=1S/C24H26ClN7O5S/c1-14-9-16(11-26-10-14)23-29-30-24(32(23)20-18(35-3)7-6-8-19(20)36-4)31-38(33,34)15(2)21(37-5)22-27-12-17(25)13-28-22/h6-13,15,21H,1-5H3,(H,30,31)/t15-,21-/m1/s1. The van der Waals surface area contributed by atoms with Gasteiger partial charge in [0, 0.05) is 37.5 Å². The number of halogens is 1. The van der Waals surface area contributed by atoms with Crippen LogP contribution >= 0.6 is 11.6 Å². The number of hydrogen-bond donors (Lipinski definition) is 1. The minimum atomic E-state index is -4.14. The Labute approximate surface area is 225 Å². The minimum Gasteiger partial charge on any atom is -0.494 e. The molecule has 0 spiro atoms. The maximum Gasteiger partial charge on any atom is 0.243 e. The number of pyridine rings is 1. The lowest BCUT2D eigenvalue weighted by Gasteiger charge is -2.22. The highest BCUT2D eigenvalue weighted by atomic mass is 35.5. The molecule has 14 heteroatoms. The lowest BCUT2D eigenvalue weighted by Crippen LogP contribution is -2.33. The second-order valence-corrected chi connectivity index (χ2v) is 10.7. The molecule has 0 saturated carbocycles. The van der Waals surface area contributed by atoms with Gasteiger partial charge in [-0.1, -0.05) is 17.7 Å². The molecule has 38 heavy (non-hydrogen) atoms. The molecule has 0 amide bonds. The molecule has 3 aromatic heterocycles. The average Bonchev–Trinajstić information content (AvgIpc) is 3.31. The Kier molecular flexibility index (Phi) is 8.09. The Balaban J connectivity index is 1.84. The first kappa shape index (κ1) is 27.2. The Hall–Kier alpha value is -3.81. The predicted molar refractivity (Wildman–Crippen MR) is 141 cm³/mol. The van der Waals surface area contributed by atoms with E-state index in [1.807, 2.05) is 13.0 Å². The van der Waals surface area contributed by atoms with Crippen LogP contribution in [0.15, 0.2) is 49.1 Å². The number of para-hydroxylation sites is 1. The number of rotatable bonds is 10. The van der Waals surface area contributed by atoms with E-state index >= 15 is 0 Å². The van der Waals surface area contributed by atoms with Gasteiger partial charge in [-0.05, 0) is 37.6 Å². The highest BCUT2D eigenvalue weighted by Gasteiger charge is 2.35. The number of hydrogen-bond acceptors (Lipinski definition) is 10. The number of aryl methyl sites for hydroxylation is 1. The Bertz CT molecular complexity index is 1510. The first-order valence-electron chi connectivity index (χ1n) is 11.3. The van der Waals surface area contributed by atoms with E-state index in [9.17, 15) is 8.42 Å². The van der Waals surface area contributed by atoms with E-state index in [-0.39, 0.29) is 11.8 Å².